The van der Waals surface area contributed by atoms with Crippen LogP contribution in [-0.4, -0.2) is 37.2 Å². The fourth-order valence-corrected chi connectivity index (χ4v) is 1.82. The SMILES string of the molecule is O=C(OCCCC1OCCO1)c1ccc(CO)cc1. The lowest BCUT2D eigenvalue weighted by Gasteiger charge is -2.09. The van der Waals surface area contributed by atoms with Crippen molar-refractivity contribution in [3.05, 3.63) is 35.4 Å². The summed E-state index contributed by atoms with van der Waals surface area (Å²) < 4.78 is 15.7. The van der Waals surface area contributed by atoms with Crippen molar-refractivity contribution < 1.29 is 24.1 Å². The monoisotopic (exact) mass is 266 g/mol. The van der Waals surface area contributed by atoms with Crippen LogP contribution in [0.15, 0.2) is 24.3 Å². The molecule has 1 heterocycles. The van der Waals surface area contributed by atoms with E-state index in [2.05, 4.69) is 0 Å². The molecule has 1 aromatic rings. The van der Waals surface area contributed by atoms with Gasteiger partial charge in [-0.1, -0.05) is 12.1 Å². The van der Waals surface area contributed by atoms with E-state index < -0.39 is 0 Å². The van der Waals surface area contributed by atoms with E-state index in [1.165, 1.54) is 0 Å². The van der Waals surface area contributed by atoms with Crippen LogP contribution in [0.2, 0.25) is 0 Å². The molecule has 1 saturated heterocycles. The van der Waals surface area contributed by atoms with Crippen LogP contribution in [0.5, 0.6) is 0 Å². The van der Waals surface area contributed by atoms with E-state index in [0.717, 1.165) is 12.0 Å². The molecule has 1 N–H and O–H groups in total. The Balaban J connectivity index is 1.68. The average Bonchev–Trinajstić information content (AvgIpc) is 2.96. The maximum Gasteiger partial charge on any atom is 0.338 e. The Morgan fingerprint density at radius 2 is 1.95 bits per heavy atom. The number of aliphatic hydroxyl groups excluding tert-OH is 1. The second-order valence-electron chi connectivity index (χ2n) is 4.30. The van der Waals surface area contributed by atoms with Crippen molar-refractivity contribution >= 4 is 5.97 Å². The molecular formula is C14H18O5. The van der Waals surface area contributed by atoms with E-state index in [4.69, 9.17) is 19.3 Å². The predicted octanol–water partition coefficient (Wildman–Crippen LogP) is 1.49. The Bertz CT molecular complexity index is 395. The van der Waals surface area contributed by atoms with Crippen LogP contribution < -0.4 is 0 Å². The molecule has 1 aliphatic rings. The lowest BCUT2D eigenvalue weighted by Crippen LogP contribution is -2.11. The highest BCUT2D eigenvalue weighted by Crippen LogP contribution is 2.11. The molecule has 0 bridgehead atoms. The molecule has 0 amide bonds. The molecule has 0 atom stereocenters. The zero-order valence-electron chi connectivity index (χ0n) is 10.7. The number of carbonyl (C=O) groups excluding carboxylic acids is 1. The van der Waals surface area contributed by atoms with Gasteiger partial charge in [-0.3, -0.25) is 0 Å². The van der Waals surface area contributed by atoms with Crippen LogP contribution in [0.3, 0.4) is 0 Å². The Morgan fingerprint density at radius 1 is 1.26 bits per heavy atom. The normalized spacial score (nSPS) is 15.6. The van der Waals surface area contributed by atoms with Gasteiger partial charge in [-0.15, -0.1) is 0 Å². The molecule has 0 spiro atoms. The van der Waals surface area contributed by atoms with Gasteiger partial charge in [-0.2, -0.15) is 0 Å². The summed E-state index contributed by atoms with van der Waals surface area (Å²) >= 11 is 0. The summed E-state index contributed by atoms with van der Waals surface area (Å²) in [4.78, 5) is 11.7. The van der Waals surface area contributed by atoms with Gasteiger partial charge in [0.2, 0.25) is 0 Å². The predicted molar refractivity (Wildman–Crippen MR) is 67.6 cm³/mol. The second-order valence-corrected chi connectivity index (χ2v) is 4.30. The van der Waals surface area contributed by atoms with Crippen LogP contribution in [0.1, 0.15) is 28.8 Å². The molecular weight excluding hydrogens is 248 g/mol. The highest BCUT2D eigenvalue weighted by molar-refractivity contribution is 5.89. The third-order valence-electron chi connectivity index (χ3n) is 2.88. The van der Waals surface area contributed by atoms with Crippen molar-refractivity contribution in [2.24, 2.45) is 0 Å². The molecule has 104 valence electrons. The van der Waals surface area contributed by atoms with Crippen molar-refractivity contribution in [3.8, 4) is 0 Å². The van der Waals surface area contributed by atoms with Crippen molar-refractivity contribution in [3.63, 3.8) is 0 Å². The number of ether oxygens (including phenoxy) is 3. The van der Waals surface area contributed by atoms with E-state index in [1.54, 1.807) is 24.3 Å². The van der Waals surface area contributed by atoms with Gasteiger partial charge >= 0.3 is 5.97 Å². The lowest BCUT2D eigenvalue weighted by atomic mass is 10.1. The fourth-order valence-electron chi connectivity index (χ4n) is 1.82. The van der Waals surface area contributed by atoms with Crippen LogP contribution in [0.4, 0.5) is 0 Å². The zero-order valence-corrected chi connectivity index (χ0v) is 10.7. The third-order valence-corrected chi connectivity index (χ3v) is 2.88. The summed E-state index contributed by atoms with van der Waals surface area (Å²) in [6.07, 6.45) is 1.30. The number of aliphatic hydroxyl groups is 1. The maximum absolute atomic E-state index is 11.7. The van der Waals surface area contributed by atoms with Crippen molar-refractivity contribution in [1.29, 1.82) is 0 Å². The standard InChI is InChI=1S/C14H18O5/c15-10-11-3-5-12(6-4-11)14(16)19-7-1-2-13-17-8-9-18-13/h3-6,13,15H,1-2,7-10H2. The summed E-state index contributed by atoms with van der Waals surface area (Å²) in [5.41, 5.74) is 1.26. The Morgan fingerprint density at radius 3 is 2.58 bits per heavy atom. The van der Waals surface area contributed by atoms with Gasteiger partial charge < -0.3 is 19.3 Å². The quantitative estimate of drug-likeness (QED) is 0.624. The topological polar surface area (TPSA) is 65.0 Å². The first-order chi connectivity index (χ1) is 9.29. The molecule has 0 aliphatic carbocycles. The van der Waals surface area contributed by atoms with Crippen molar-refractivity contribution in [2.75, 3.05) is 19.8 Å². The van der Waals surface area contributed by atoms with E-state index in [9.17, 15) is 4.79 Å². The first-order valence-electron chi connectivity index (χ1n) is 6.40. The van der Waals surface area contributed by atoms with Crippen molar-refractivity contribution in [1.82, 2.24) is 0 Å². The number of esters is 1. The summed E-state index contributed by atoms with van der Waals surface area (Å²) in [5.74, 6) is -0.349. The van der Waals surface area contributed by atoms with Crippen molar-refractivity contribution in [2.45, 2.75) is 25.7 Å². The lowest BCUT2D eigenvalue weighted by molar-refractivity contribution is -0.0505. The van der Waals surface area contributed by atoms with E-state index in [1.807, 2.05) is 0 Å². The molecule has 1 aromatic carbocycles. The van der Waals surface area contributed by atoms with Gasteiger partial charge in [0.25, 0.3) is 0 Å². The van der Waals surface area contributed by atoms with Crippen LogP contribution >= 0.6 is 0 Å². The first-order valence-corrected chi connectivity index (χ1v) is 6.40. The molecule has 0 radical (unpaired) electrons. The minimum Gasteiger partial charge on any atom is -0.462 e. The maximum atomic E-state index is 11.7. The highest BCUT2D eigenvalue weighted by atomic mass is 16.7. The fraction of sp³-hybridized carbons (Fsp3) is 0.500. The second kappa shape index (κ2) is 7.23. The van der Waals surface area contributed by atoms with Crippen LogP contribution in [0, 0.1) is 0 Å². The van der Waals surface area contributed by atoms with Gasteiger partial charge in [-0.25, -0.2) is 4.79 Å². The van der Waals surface area contributed by atoms with Crippen LogP contribution in [0.25, 0.3) is 0 Å². The van der Waals surface area contributed by atoms with Gasteiger partial charge in [-0.05, 0) is 24.1 Å². The summed E-state index contributed by atoms with van der Waals surface area (Å²) in [6.45, 7) is 1.60. The molecule has 1 fully saturated rings. The Kier molecular flexibility index (Phi) is 5.32. The summed E-state index contributed by atoms with van der Waals surface area (Å²) in [7, 11) is 0. The summed E-state index contributed by atoms with van der Waals surface area (Å²) in [6, 6.07) is 6.71. The number of rotatable bonds is 6. The molecule has 0 saturated carbocycles. The van der Waals surface area contributed by atoms with Gasteiger partial charge in [0.05, 0.1) is 32.0 Å². The average molecular weight is 266 g/mol. The van der Waals surface area contributed by atoms with Gasteiger partial charge in [0.15, 0.2) is 6.29 Å². The van der Waals surface area contributed by atoms with Gasteiger partial charge in [0, 0.05) is 6.42 Å². The number of carbonyl (C=O) groups is 1. The highest BCUT2D eigenvalue weighted by Gasteiger charge is 2.15. The number of hydrogen-bond donors (Lipinski definition) is 1. The zero-order chi connectivity index (χ0) is 13.5. The van der Waals surface area contributed by atoms with E-state index in [-0.39, 0.29) is 18.9 Å². The largest absolute Gasteiger partial charge is 0.462 e. The molecule has 5 nitrogen and oxygen atoms in total. The van der Waals surface area contributed by atoms with E-state index in [0.29, 0.717) is 31.8 Å². The first kappa shape index (κ1) is 14.0. The number of benzene rings is 1. The molecule has 2 rings (SSSR count). The molecule has 19 heavy (non-hydrogen) atoms. The molecule has 1 aliphatic heterocycles. The molecule has 0 unspecified atom stereocenters. The summed E-state index contributed by atoms with van der Waals surface area (Å²) in [5, 5.41) is 8.90. The molecule has 5 heteroatoms. The minimum absolute atomic E-state index is 0.0310. The molecule has 0 aromatic heterocycles. The smallest absolute Gasteiger partial charge is 0.338 e. The third kappa shape index (κ3) is 4.31. The van der Waals surface area contributed by atoms with Crippen LogP contribution in [-0.2, 0) is 20.8 Å². The Labute approximate surface area is 112 Å². The van der Waals surface area contributed by atoms with E-state index >= 15 is 0 Å². The Hall–Kier alpha value is -1.43. The van der Waals surface area contributed by atoms with Gasteiger partial charge in [0.1, 0.15) is 0 Å². The number of hydrogen-bond acceptors (Lipinski definition) is 5. The minimum atomic E-state index is -0.349.